The number of ether oxygens (including phenoxy) is 1. The standard InChI is InChI=1S/C13H16N2O5/c1-7(16)8(2)20-11-5-9(13(18)19)3-4-10(11)15-12(17)6-14/h3-5,8H,6,14H2,1-2H3,(H,15,17)(H,18,19). The molecule has 0 aliphatic heterocycles. The van der Waals surface area contributed by atoms with Crippen molar-refractivity contribution >= 4 is 23.3 Å². The number of carboxylic acids is 1. The minimum atomic E-state index is -1.14. The topological polar surface area (TPSA) is 119 Å². The highest BCUT2D eigenvalue weighted by molar-refractivity contribution is 5.95. The van der Waals surface area contributed by atoms with Crippen LogP contribution in [0.1, 0.15) is 24.2 Å². The summed E-state index contributed by atoms with van der Waals surface area (Å²) in [5.41, 5.74) is 5.45. The summed E-state index contributed by atoms with van der Waals surface area (Å²) in [6.45, 7) is 2.66. The smallest absolute Gasteiger partial charge is 0.335 e. The molecule has 108 valence electrons. The van der Waals surface area contributed by atoms with Crippen molar-refractivity contribution in [2.24, 2.45) is 5.73 Å². The van der Waals surface area contributed by atoms with Crippen LogP contribution in [-0.2, 0) is 9.59 Å². The van der Waals surface area contributed by atoms with Gasteiger partial charge in [-0.1, -0.05) is 0 Å². The van der Waals surface area contributed by atoms with Gasteiger partial charge in [0.05, 0.1) is 17.8 Å². The van der Waals surface area contributed by atoms with Gasteiger partial charge in [-0.15, -0.1) is 0 Å². The number of carbonyl (C=O) groups is 3. The lowest BCUT2D eigenvalue weighted by molar-refractivity contribution is -0.122. The van der Waals surface area contributed by atoms with Gasteiger partial charge >= 0.3 is 5.97 Å². The maximum Gasteiger partial charge on any atom is 0.335 e. The van der Waals surface area contributed by atoms with Crippen LogP contribution in [0.25, 0.3) is 0 Å². The molecule has 7 heteroatoms. The highest BCUT2D eigenvalue weighted by Gasteiger charge is 2.16. The van der Waals surface area contributed by atoms with E-state index in [0.29, 0.717) is 0 Å². The maximum atomic E-state index is 11.3. The molecule has 0 aliphatic rings. The van der Waals surface area contributed by atoms with Crippen molar-refractivity contribution in [3.8, 4) is 5.75 Å². The lowest BCUT2D eigenvalue weighted by Crippen LogP contribution is -2.24. The van der Waals surface area contributed by atoms with E-state index >= 15 is 0 Å². The van der Waals surface area contributed by atoms with Crippen molar-refractivity contribution in [1.82, 2.24) is 0 Å². The third-order valence-corrected chi connectivity index (χ3v) is 2.56. The van der Waals surface area contributed by atoms with Gasteiger partial charge < -0.3 is 20.9 Å². The largest absolute Gasteiger partial charge is 0.481 e. The molecule has 0 saturated heterocycles. The first-order valence-corrected chi connectivity index (χ1v) is 5.89. The van der Waals surface area contributed by atoms with Crippen LogP contribution < -0.4 is 15.8 Å². The van der Waals surface area contributed by atoms with Gasteiger partial charge in [0.1, 0.15) is 5.75 Å². The van der Waals surface area contributed by atoms with E-state index < -0.39 is 18.0 Å². The van der Waals surface area contributed by atoms with Crippen LogP contribution in [0.5, 0.6) is 5.75 Å². The van der Waals surface area contributed by atoms with E-state index in [0.717, 1.165) is 0 Å². The zero-order valence-electron chi connectivity index (χ0n) is 11.2. The lowest BCUT2D eigenvalue weighted by Gasteiger charge is -2.16. The molecule has 0 radical (unpaired) electrons. The highest BCUT2D eigenvalue weighted by Crippen LogP contribution is 2.27. The second kappa shape index (κ2) is 6.67. The van der Waals surface area contributed by atoms with Crippen molar-refractivity contribution in [2.45, 2.75) is 20.0 Å². The van der Waals surface area contributed by atoms with Gasteiger partial charge in [0, 0.05) is 0 Å². The summed E-state index contributed by atoms with van der Waals surface area (Å²) >= 11 is 0. The van der Waals surface area contributed by atoms with E-state index in [2.05, 4.69) is 5.32 Å². The Hall–Kier alpha value is -2.41. The average Bonchev–Trinajstić information content (AvgIpc) is 2.39. The molecule has 1 unspecified atom stereocenters. The summed E-state index contributed by atoms with van der Waals surface area (Å²) in [6, 6.07) is 3.95. The Morgan fingerprint density at radius 1 is 1.40 bits per heavy atom. The summed E-state index contributed by atoms with van der Waals surface area (Å²) in [5.74, 6) is -1.70. The Bertz CT molecular complexity index is 542. The number of nitrogens with two attached hydrogens (primary N) is 1. The van der Waals surface area contributed by atoms with Crippen LogP contribution in [-0.4, -0.2) is 35.4 Å². The number of amides is 1. The summed E-state index contributed by atoms with van der Waals surface area (Å²) in [6.07, 6.45) is -0.757. The van der Waals surface area contributed by atoms with Crippen LogP contribution in [0.2, 0.25) is 0 Å². The van der Waals surface area contributed by atoms with Gasteiger partial charge in [-0.25, -0.2) is 4.79 Å². The highest BCUT2D eigenvalue weighted by atomic mass is 16.5. The van der Waals surface area contributed by atoms with Gasteiger partial charge in [0.2, 0.25) is 5.91 Å². The van der Waals surface area contributed by atoms with Crippen molar-refractivity contribution in [3.63, 3.8) is 0 Å². The number of hydrogen-bond acceptors (Lipinski definition) is 5. The second-order valence-electron chi connectivity index (χ2n) is 4.14. The molecule has 0 aromatic heterocycles. The summed E-state index contributed by atoms with van der Waals surface area (Å²) in [4.78, 5) is 33.4. The summed E-state index contributed by atoms with van der Waals surface area (Å²) in [5, 5.41) is 11.4. The molecular weight excluding hydrogens is 264 g/mol. The monoisotopic (exact) mass is 280 g/mol. The fraction of sp³-hybridized carbons (Fsp3) is 0.308. The van der Waals surface area contributed by atoms with E-state index in [1.807, 2.05) is 0 Å². The van der Waals surface area contributed by atoms with E-state index in [1.165, 1.54) is 32.0 Å². The maximum absolute atomic E-state index is 11.3. The second-order valence-corrected chi connectivity index (χ2v) is 4.14. The number of Topliss-reactive ketones (excluding diaryl/α,β-unsaturated/α-hetero) is 1. The van der Waals surface area contributed by atoms with Crippen LogP contribution in [0.15, 0.2) is 18.2 Å². The molecular formula is C13H16N2O5. The van der Waals surface area contributed by atoms with E-state index in [9.17, 15) is 14.4 Å². The van der Waals surface area contributed by atoms with Gasteiger partial charge in [-0.2, -0.15) is 0 Å². The Labute approximate surface area is 115 Å². The number of rotatable bonds is 6. The lowest BCUT2D eigenvalue weighted by atomic mass is 10.2. The molecule has 7 nitrogen and oxygen atoms in total. The van der Waals surface area contributed by atoms with Crippen LogP contribution in [0, 0.1) is 0 Å². The first-order chi connectivity index (χ1) is 9.35. The number of carboxylic acid groups (broad SMARTS) is 1. The molecule has 1 rings (SSSR count). The SMILES string of the molecule is CC(=O)C(C)Oc1cc(C(=O)O)ccc1NC(=O)CN. The van der Waals surface area contributed by atoms with Crippen molar-refractivity contribution < 1.29 is 24.2 Å². The van der Waals surface area contributed by atoms with Gasteiger partial charge in [-0.05, 0) is 32.0 Å². The third-order valence-electron chi connectivity index (χ3n) is 2.56. The Morgan fingerprint density at radius 3 is 2.55 bits per heavy atom. The van der Waals surface area contributed by atoms with E-state index in [-0.39, 0.29) is 29.3 Å². The summed E-state index contributed by atoms with van der Waals surface area (Å²) < 4.78 is 5.37. The Balaban J connectivity index is 3.12. The number of benzene rings is 1. The Kier molecular flexibility index (Phi) is 5.22. The minimum Gasteiger partial charge on any atom is -0.481 e. The molecule has 0 fully saturated rings. The number of aromatic carboxylic acids is 1. The zero-order chi connectivity index (χ0) is 15.3. The van der Waals surface area contributed by atoms with Gasteiger partial charge in [-0.3, -0.25) is 9.59 Å². The normalized spacial score (nSPS) is 11.6. The quantitative estimate of drug-likeness (QED) is 0.703. The van der Waals surface area contributed by atoms with Crippen molar-refractivity contribution in [1.29, 1.82) is 0 Å². The number of ketones is 1. The van der Waals surface area contributed by atoms with Gasteiger partial charge in [0.25, 0.3) is 0 Å². The van der Waals surface area contributed by atoms with Crippen LogP contribution in [0.4, 0.5) is 5.69 Å². The average molecular weight is 280 g/mol. The van der Waals surface area contributed by atoms with Crippen LogP contribution in [0.3, 0.4) is 0 Å². The predicted molar refractivity (Wildman–Crippen MR) is 71.9 cm³/mol. The molecule has 1 aromatic rings. The number of carbonyl (C=O) groups excluding carboxylic acids is 2. The first-order valence-electron chi connectivity index (χ1n) is 5.89. The van der Waals surface area contributed by atoms with Crippen molar-refractivity contribution in [2.75, 3.05) is 11.9 Å². The fourth-order valence-corrected chi connectivity index (χ4v) is 1.33. The van der Waals surface area contributed by atoms with E-state index in [4.69, 9.17) is 15.6 Å². The number of nitrogens with one attached hydrogen (secondary N) is 1. The van der Waals surface area contributed by atoms with Crippen LogP contribution >= 0.6 is 0 Å². The molecule has 0 heterocycles. The molecule has 1 atom stereocenters. The van der Waals surface area contributed by atoms with E-state index in [1.54, 1.807) is 0 Å². The molecule has 0 saturated carbocycles. The Morgan fingerprint density at radius 2 is 2.05 bits per heavy atom. The predicted octanol–water partition coefficient (Wildman–Crippen LogP) is 0.638. The summed E-state index contributed by atoms with van der Waals surface area (Å²) in [7, 11) is 0. The molecule has 1 amide bonds. The minimum absolute atomic E-state index is 0.0125. The fourth-order valence-electron chi connectivity index (χ4n) is 1.33. The molecule has 20 heavy (non-hydrogen) atoms. The zero-order valence-corrected chi connectivity index (χ0v) is 11.2. The molecule has 0 spiro atoms. The molecule has 1 aromatic carbocycles. The van der Waals surface area contributed by atoms with Crippen molar-refractivity contribution in [3.05, 3.63) is 23.8 Å². The molecule has 0 aliphatic carbocycles. The third kappa shape index (κ3) is 4.06. The molecule has 0 bridgehead atoms. The first kappa shape index (κ1) is 15.6. The number of anilines is 1. The van der Waals surface area contributed by atoms with Gasteiger partial charge in [0.15, 0.2) is 11.9 Å². The molecule has 4 N–H and O–H groups in total. The number of hydrogen-bond donors (Lipinski definition) is 3.